The third kappa shape index (κ3) is 4.77. The van der Waals surface area contributed by atoms with E-state index in [1.807, 2.05) is 42.0 Å². The smallest absolute Gasteiger partial charge is 0.261 e. The third-order valence-corrected chi connectivity index (χ3v) is 8.17. The van der Waals surface area contributed by atoms with Gasteiger partial charge in [0.15, 0.2) is 6.61 Å². The van der Waals surface area contributed by atoms with Gasteiger partial charge in [0.1, 0.15) is 16.6 Å². The summed E-state index contributed by atoms with van der Waals surface area (Å²) in [6.07, 6.45) is 3.57. The topological polar surface area (TPSA) is 118 Å². The molecular formula is C21H23N5O2S3. The molecule has 4 rings (SSSR count). The van der Waals surface area contributed by atoms with Crippen LogP contribution in [0.4, 0.5) is 0 Å². The third-order valence-electron chi connectivity index (χ3n) is 5.00. The van der Waals surface area contributed by atoms with Crippen LogP contribution < -0.4 is 16.2 Å². The number of thiophene rings is 1. The second-order valence-corrected chi connectivity index (χ2v) is 10.1. The van der Waals surface area contributed by atoms with Crippen molar-refractivity contribution in [1.29, 1.82) is 5.41 Å². The van der Waals surface area contributed by atoms with E-state index in [2.05, 4.69) is 0 Å². The molecule has 1 aliphatic rings. The summed E-state index contributed by atoms with van der Waals surface area (Å²) >= 11 is 4.68. The van der Waals surface area contributed by atoms with Crippen LogP contribution in [0.3, 0.4) is 0 Å². The van der Waals surface area contributed by atoms with Crippen LogP contribution in [0.25, 0.3) is 21.8 Å². The molecule has 31 heavy (non-hydrogen) atoms. The number of rotatable bonds is 7. The van der Waals surface area contributed by atoms with Gasteiger partial charge in [-0.2, -0.15) is 0 Å². The molecule has 0 radical (unpaired) electrons. The summed E-state index contributed by atoms with van der Waals surface area (Å²) in [5.74, 6) is 0.597. The minimum Gasteiger partial charge on any atom is -0.484 e. The van der Waals surface area contributed by atoms with Crippen LogP contribution in [0.5, 0.6) is 5.75 Å². The summed E-state index contributed by atoms with van der Waals surface area (Å²) < 4.78 is 6.82. The zero-order valence-electron chi connectivity index (χ0n) is 17.0. The van der Waals surface area contributed by atoms with E-state index >= 15 is 0 Å². The molecule has 1 unspecified atom stereocenters. The Morgan fingerprint density at radius 3 is 2.97 bits per heavy atom. The number of nitrogens with zero attached hydrogens (tertiary/aromatic N) is 2. The molecule has 1 atom stereocenters. The Bertz CT molecular complexity index is 1110. The van der Waals surface area contributed by atoms with Gasteiger partial charge in [-0.15, -0.1) is 34.4 Å². The van der Waals surface area contributed by atoms with E-state index in [9.17, 15) is 4.79 Å². The van der Waals surface area contributed by atoms with Gasteiger partial charge in [0.05, 0.1) is 20.9 Å². The number of nitrogens with two attached hydrogens (primary N) is 2. The molecule has 1 aliphatic heterocycles. The van der Waals surface area contributed by atoms with Gasteiger partial charge >= 0.3 is 0 Å². The number of amides is 1. The number of carbonyl (C=O) groups is 1. The molecule has 10 heteroatoms. The number of likely N-dealkylation sites (tertiary alicyclic amines) is 1. The number of benzene rings is 1. The summed E-state index contributed by atoms with van der Waals surface area (Å²) in [5, 5.41) is 10.6. The monoisotopic (exact) mass is 473 g/mol. The second kappa shape index (κ2) is 9.39. The van der Waals surface area contributed by atoms with E-state index in [1.165, 1.54) is 11.3 Å². The highest BCUT2D eigenvalue weighted by Gasteiger charge is 2.25. The van der Waals surface area contributed by atoms with Crippen LogP contribution in [0.1, 0.15) is 17.7 Å². The van der Waals surface area contributed by atoms with Crippen LogP contribution >= 0.6 is 34.4 Å². The van der Waals surface area contributed by atoms with Crippen molar-refractivity contribution in [3.63, 3.8) is 0 Å². The molecular weight excluding hydrogens is 450 g/mol. The maximum Gasteiger partial charge on any atom is 0.261 e. The molecule has 3 heterocycles. The molecule has 1 amide bonds. The molecule has 7 nitrogen and oxygen atoms in total. The minimum absolute atomic E-state index is 0.0285. The van der Waals surface area contributed by atoms with Crippen molar-refractivity contribution in [2.75, 3.05) is 19.4 Å². The first kappa shape index (κ1) is 21.8. The predicted molar refractivity (Wildman–Crippen MR) is 128 cm³/mol. The molecule has 1 aromatic carbocycles. The lowest BCUT2D eigenvalue weighted by Gasteiger charge is -2.21. The normalized spacial score (nSPS) is 15.9. The van der Waals surface area contributed by atoms with Crippen molar-refractivity contribution in [2.45, 2.75) is 23.2 Å². The number of aromatic nitrogens is 1. The first-order valence-corrected chi connectivity index (χ1v) is 12.6. The van der Waals surface area contributed by atoms with Crippen LogP contribution in [0.2, 0.25) is 0 Å². The molecule has 0 saturated carbocycles. The van der Waals surface area contributed by atoms with Gasteiger partial charge in [-0.3, -0.25) is 10.2 Å². The summed E-state index contributed by atoms with van der Waals surface area (Å²) in [7, 11) is 0. The molecule has 0 spiro atoms. The van der Waals surface area contributed by atoms with E-state index in [-0.39, 0.29) is 24.5 Å². The number of carbonyl (C=O) groups excluding carboxylic acids is 1. The molecule has 162 valence electrons. The van der Waals surface area contributed by atoms with Gasteiger partial charge in [-0.25, -0.2) is 4.98 Å². The van der Waals surface area contributed by atoms with E-state index in [4.69, 9.17) is 26.6 Å². The highest BCUT2D eigenvalue weighted by molar-refractivity contribution is 8.00. The fourth-order valence-corrected chi connectivity index (χ4v) is 6.12. The highest BCUT2D eigenvalue weighted by Crippen LogP contribution is 2.40. The lowest BCUT2D eigenvalue weighted by molar-refractivity contribution is -0.134. The Labute approximate surface area is 192 Å². The predicted octanol–water partition coefficient (Wildman–Crippen LogP) is 3.83. The van der Waals surface area contributed by atoms with Crippen molar-refractivity contribution in [3.8, 4) is 27.6 Å². The van der Waals surface area contributed by atoms with Gasteiger partial charge < -0.3 is 21.1 Å². The van der Waals surface area contributed by atoms with Crippen LogP contribution in [0, 0.1) is 5.41 Å². The van der Waals surface area contributed by atoms with Crippen molar-refractivity contribution in [1.82, 2.24) is 9.88 Å². The molecule has 0 aliphatic carbocycles. The first-order chi connectivity index (χ1) is 15.0. The fourth-order valence-electron chi connectivity index (χ4n) is 3.41. The average Bonchev–Trinajstić information content (AvgIpc) is 3.50. The average molecular weight is 474 g/mol. The molecule has 2 aromatic heterocycles. The number of nitrogen functional groups attached to an aromatic ring is 1. The standard InChI is InChI=1S/C21H23N5O2S3/c1-29-21-14(9-16(31-21)19(23)24)20-25-15(11-30-20)12-4-2-5-13(8-12)28-10-18(27)26-7-3-6-17(26)22/h2,4-5,8-9,11,17H,3,6-7,10,22H2,1H3,(H3,23,24). The van der Waals surface area contributed by atoms with Crippen molar-refractivity contribution >= 4 is 46.2 Å². The summed E-state index contributed by atoms with van der Waals surface area (Å²) in [4.78, 5) is 19.6. The number of ether oxygens (including phenoxy) is 1. The number of thioether (sulfide) groups is 1. The van der Waals surface area contributed by atoms with Gasteiger partial charge in [-0.05, 0) is 37.3 Å². The minimum atomic E-state index is -0.206. The SMILES string of the molecule is CSc1sc(C(=N)N)cc1-c1nc(-c2cccc(OCC(=O)N3CCCC3N)c2)cs1. The Balaban J connectivity index is 1.49. The second-order valence-electron chi connectivity index (χ2n) is 7.08. The van der Waals surface area contributed by atoms with Gasteiger partial charge in [0, 0.05) is 23.1 Å². The van der Waals surface area contributed by atoms with Gasteiger partial charge in [-0.1, -0.05) is 12.1 Å². The highest BCUT2D eigenvalue weighted by atomic mass is 32.2. The molecule has 1 fully saturated rings. The lowest BCUT2D eigenvalue weighted by Crippen LogP contribution is -2.43. The number of hydrogen-bond acceptors (Lipinski definition) is 8. The number of hydrogen-bond donors (Lipinski definition) is 3. The Morgan fingerprint density at radius 1 is 1.42 bits per heavy atom. The van der Waals surface area contributed by atoms with Gasteiger partial charge in [0.25, 0.3) is 5.91 Å². The Hall–Kier alpha value is -2.40. The van der Waals surface area contributed by atoms with E-state index in [0.717, 1.165) is 43.8 Å². The van der Waals surface area contributed by atoms with Crippen molar-refractivity contribution < 1.29 is 9.53 Å². The van der Waals surface area contributed by atoms with Crippen LogP contribution in [0.15, 0.2) is 39.9 Å². The van der Waals surface area contributed by atoms with E-state index in [0.29, 0.717) is 12.3 Å². The largest absolute Gasteiger partial charge is 0.484 e. The molecule has 5 N–H and O–H groups in total. The lowest BCUT2D eigenvalue weighted by atomic mass is 10.1. The van der Waals surface area contributed by atoms with Crippen LogP contribution in [-0.2, 0) is 4.79 Å². The zero-order valence-corrected chi connectivity index (χ0v) is 19.4. The van der Waals surface area contributed by atoms with Gasteiger partial charge in [0.2, 0.25) is 0 Å². The van der Waals surface area contributed by atoms with E-state index < -0.39 is 0 Å². The van der Waals surface area contributed by atoms with Crippen molar-refractivity contribution in [2.24, 2.45) is 11.5 Å². The number of amidine groups is 1. The van der Waals surface area contributed by atoms with E-state index in [1.54, 1.807) is 28.0 Å². The first-order valence-electron chi connectivity index (χ1n) is 9.72. The molecule has 1 saturated heterocycles. The quantitative estimate of drug-likeness (QED) is 0.273. The fraction of sp³-hybridized carbons (Fsp3) is 0.286. The Kier molecular flexibility index (Phi) is 6.61. The molecule has 0 bridgehead atoms. The summed E-state index contributed by atoms with van der Waals surface area (Å²) in [6.45, 7) is 0.663. The summed E-state index contributed by atoms with van der Waals surface area (Å²) in [5.41, 5.74) is 14.4. The van der Waals surface area contributed by atoms with Crippen LogP contribution in [-0.4, -0.2) is 47.2 Å². The van der Waals surface area contributed by atoms with Crippen molar-refractivity contribution in [3.05, 3.63) is 40.6 Å². The maximum atomic E-state index is 12.3. The zero-order chi connectivity index (χ0) is 22.0. The number of thiazole rings is 1. The maximum absolute atomic E-state index is 12.3. The Morgan fingerprint density at radius 2 is 2.26 bits per heavy atom. The summed E-state index contributed by atoms with van der Waals surface area (Å²) in [6, 6.07) is 9.50. The number of nitrogens with one attached hydrogen (secondary N) is 1. The molecule has 3 aromatic rings.